The molecule has 0 spiro atoms. The molecule has 0 fully saturated rings. The van der Waals surface area contributed by atoms with Gasteiger partial charge in [-0.05, 0) is 42.3 Å². The molecule has 1 amide bonds. The van der Waals surface area contributed by atoms with Gasteiger partial charge in [-0.2, -0.15) is 0 Å². The van der Waals surface area contributed by atoms with Crippen molar-refractivity contribution in [2.24, 2.45) is 0 Å². The van der Waals surface area contributed by atoms with Crippen LogP contribution in [0.2, 0.25) is 0 Å². The number of carbonyl (C=O) groups excluding carboxylic acids is 2. The second-order valence-electron chi connectivity index (χ2n) is 7.35. The van der Waals surface area contributed by atoms with Gasteiger partial charge < -0.3 is 19.9 Å². The average Bonchev–Trinajstić information content (AvgIpc) is 2.81. The van der Waals surface area contributed by atoms with Crippen molar-refractivity contribution in [1.29, 1.82) is 0 Å². The highest BCUT2D eigenvalue weighted by atomic mass is 16.6. The molecule has 0 saturated carbocycles. The van der Waals surface area contributed by atoms with Gasteiger partial charge in [-0.1, -0.05) is 42.5 Å². The number of phenolic OH excluding ortho intramolecular Hbond substituents is 1. The fourth-order valence-electron chi connectivity index (χ4n) is 3.53. The molecule has 3 aromatic rings. The average molecular weight is 417 g/mol. The summed E-state index contributed by atoms with van der Waals surface area (Å²) >= 11 is 0. The van der Waals surface area contributed by atoms with Gasteiger partial charge in [0.1, 0.15) is 19.0 Å². The van der Waals surface area contributed by atoms with Crippen molar-refractivity contribution in [2.45, 2.75) is 18.9 Å². The Morgan fingerprint density at radius 2 is 1.65 bits per heavy atom. The van der Waals surface area contributed by atoms with Crippen LogP contribution in [0.5, 0.6) is 17.2 Å². The quantitative estimate of drug-likeness (QED) is 0.616. The molecule has 0 aromatic heterocycles. The third-order valence-electron chi connectivity index (χ3n) is 5.12. The van der Waals surface area contributed by atoms with Crippen LogP contribution in [-0.4, -0.2) is 36.1 Å². The Labute approximate surface area is 180 Å². The number of hydrogen-bond donors (Lipinski definition) is 2. The van der Waals surface area contributed by atoms with E-state index >= 15 is 0 Å². The molecule has 158 valence electrons. The third kappa shape index (κ3) is 5.04. The number of fused-ring (bicyclic) bond motifs is 1. The maximum Gasteiger partial charge on any atom is 0.251 e. The van der Waals surface area contributed by atoms with Gasteiger partial charge in [0, 0.05) is 17.5 Å². The number of ether oxygens (including phenoxy) is 2. The molecule has 4 rings (SSSR count). The molecule has 6 nitrogen and oxygen atoms in total. The normalized spacial score (nSPS) is 13.3. The fraction of sp³-hybridized carbons (Fsp3) is 0.200. The van der Waals surface area contributed by atoms with E-state index in [9.17, 15) is 14.7 Å². The summed E-state index contributed by atoms with van der Waals surface area (Å²) in [7, 11) is 0. The van der Waals surface area contributed by atoms with E-state index in [1.165, 1.54) is 0 Å². The summed E-state index contributed by atoms with van der Waals surface area (Å²) in [4.78, 5) is 26.0. The summed E-state index contributed by atoms with van der Waals surface area (Å²) in [5.74, 6) is 0.903. The van der Waals surface area contributed by atoms with Crippen LogP contribution in [0.25, 0.3) is 0 Å². The number of hydrogen-bond acceptors (Lipinski definition) is 5. The van der Waals surface area contributed by atoms with E-state index in [2.05, 4.69) is 5.32 Å². The molecule has 1 aliphatic heterocycles. The topological polar surface area (TPSA) is 84.9 Å². The van der Waals surface area contributed by atoms with Crippen molar-refractivity contribution in [3.63, 3.8) is 0 Å². The third-order valence-corrected chi connectivity index (χ3v) is 5.12. The lowest BCUT2D eigenvalue weighted by Gasteiger charge is -2.22. The summed E-state index contributed by atoms with van der Waals surface area (Å²) in [5, 5.41) is 12.4. The van der Waals surface area contributed by atoms with E-state index in [0.717, 1.165) is 11.1 Å². The number of rotatable bonds is 7. The van der Waals surface area contributed by atoms with Crippen LogP contribution in [0.4, 0.5) is 0 Å². The van der Waals surface area contributed by atoms with Crippen molar-refractivity contribution < 1.29 is 24.2 Å². The van der Waals surface area contributed by atoms with Crippen LogP contribution in [0.3, 0.4) is 0 Å². The van der Waals surface area contributed by atoms with E-state index in [1.807, 2.05) is 24.3 Å². The van der Waals surface area contributed by atoms with E-state index in [4.69, 9.17) is 9.47 Å². The van der Waals surface area contributed by atoms with E-state index < -0.39 is 6.04 Å². The molecule has 1 aliphatic rings. The Morgan fingerprint density at radius 1 is 0.903 bits per heavy atom. The standard InChI is InChI=1S/C25H23NO5/c27-20-11-9-17(10-12-20)15-21(26-25(29)18-5-2-1-3-6-18)22(28)16-19-7-4-8-23-24(19)31-14-13-30-23/h1-12,21,27H,13-16H2,(H,26,29). The molecule has 6 heteroatoms. The predicted octanol–water partition coefficient (Wildman–Crippen LogP) is 3.32. The lowest BCUT2D eigenvalue weighted by molar-refractivity contribution is -0.120. The minimum atomic E-state index is -0.738. The number of Topliss-reactive ketones (excluding diaryl/α,β-unsaturated/α-hetero) is 1. The monoisotopic (exact) mass is 417 g/mol. The number of benzene rings is 3. The first-order valence-corrected chi connectivity index (χ1v) is 10.1. The Morgan fingerprint density at radius 3 is 2.42 bits per heavy atom. The SMILES string of the molecule is O=C(NC(Cc1ccc(O)cc1)C(=O)Cc1cccc2c1OCCO2)c1ccccc1. The number of ketones is 1. The number of phenols is 1. The Bertz CT molecular complexity index is 1060. The molecule has 0 radical (unpaired) electrons. The van der Waals surface area contributed by atoms with Gasteiger partial charge in [0.05, 0.1) is 6.04 Å². The summed E-state index contributed by atoms with van der Waals surface area (Å²) < 4.78 is 11.3. The molecule has 0 saturated heterocycles. The van der Waals surface area contributed by atoms with E-state index in [0.29, 0.717) is 36.7 Å². The molecule has 0 bridgehead atoms. The number of amides is 1. The number of nitrogens with one attached hydrogen (secondary N) is 1. The lowest BCUT2D eigenvalue weighted by atomic mass is 9.96. The zero-order valence-corrected chi connectivity index (χ0v) is 16.9. The Kier molecular flexibility index (Phi) is 6.17. The molecule has 1 unspecified atom stereocenters. The van der Waals surface area contributed by atoms with Crippen LogP contribution >= 0.6 is 0 Å². The van der Waals surface area contributed by atoms with Crippen LogP contribution < -0.4 is 14.8 Å². The number of para-hydroxylation sites is 1. The first kappa shape index (κ1) is 20.5. The van der Waals surface area contributed by atoms with Crippen molar-refractivity contribution in [1.82, 2.24) is 5.32 Å². The minimum absolute atomic E-state index is 0.102. The zero-order valence-electron chi connectivity index (χ0n) is 16.9. The second-order valence-corrected chi connectivity index (χ2v) is 7.35. The van der Waals surface area contributed by atoms with E-state index in [-0.39, 0.29) is 23.9 Å². The molecule has 1 atom stereocenters. The van der Waals surface area contributed by atoms with Crippen LogP contribution in [0.15, 0.2) is 72.8 Å². The van der Waals surface area contributed by atoms with Gasteiger partial charge in [-0.25, -0.2) is 0 Å². The summed E-state index contributed by atoms with van der Waals surface area (Å²) in [6.45, 7) is 0.904. The first-order chi connectivity index (χ1) is 15.1. The molecular formula is C25H23NO5. The summed E-state index contributed by atoms with van der Waals surface area (Å²) in [6, 6.07) is 20.1. The largest absolute Gasteiger partial charge is 0.508 e. The zero-order chi connectivity index (χ0) is 21.6. The highest BCUT2D eigenvalue weighted by Gasteiger charge is 2.25. The maximum absolute atomic E-state index is 13.3. The molecule has 2 N–H and O–H groups in total. The fourth-order valence-corrected chi connectivity index (χ4v) is 3.53. The van der Waals surface area contributed by atoms with Crippen LogP contribution in [0, 0.1) is 0 Å². The maximum atomic E-state index is 13.3. The highest BCUT2D eigenvalue weighted by Crippen LogP contribution is 2.34. The molecule has 0 aliphatic carbocycles. The minimum Gasteiger partial charge on any atom is -0.508 e. The van der Waals surface area contributed by atoms with Gasteiger partial charge in [0.2, 0.25) is 0 Å². The van der Waals surface area contributed by atoms with Crippen molar-refractivity contribution in [3.8, 4) is 17.2 Å². The highest BCUT2D eigenvalue weighted by molar-refractivity contribution is 5.98. The van der Waals surface area contributed by atoms with Gasteiger partial charge in [0.15, 0.2) is 17.3 Å². The van der Waals surface area contributed by atoms with Crippen molar-refractivity contribution >= 4 is 11.7 Å². The smallest absolute Gasteiger partial charge is 0.251 e. The molecular weight excluding hydrogens is 394 g/mol. The first-order valence-electron chi connectivity index (χ1n) is 10.1. The summed E-state index contributed by atoms with van der Waals surface area (Å²) in [6.07, 6.45) is 0.411. The summed E-state index contributed by atoms with van der Waals surface area (Å²) in [5.41, 5.74) is 2.05. The second kappa shape index (κ2) is 9.34. The Balaban J connectivity index is 1.56. The lowest BCUT2D eigenvalue weighted by Crippen LogP contribution is -2.43. The van der Waals surface area contributed by atoms with Gasteiger partial charge in [0.25, 0.3) is 5.91 Å². The van der Waals surface area contributed by atoms with Gasteiger partial charge in [-0.3, -0.25) is 9.59 Å². The van der Waals surface area contributed by atoms with Gasteiger partial charge >= 0.3 is 0 Å². The molecule has 3 aromatic carbocycles. The number of aromatic hydroxyl groups is 1. The number of carbonyl (C=O) groups is 2. The van der Waals surface area contributed by atoms with Crippen molar-refractivity contribution in [3.05, 3.63) is 89.5 Å². The Hall–Kier alpha value is -3.80. The van der Waals surface area contributed by atoms with Crippen molar-refractivity contribution in [2.75, 3.05) is 13.2 Å². The van der Waals surface area contributed by atoms with Crippen LogP contribution in [0.1, 0.15) is 21.5 Å². The van der Waals surface area contributed by atoms with E-state index in [1.54, 1.807) is 48.5 Å². The predicted molar refractivity (Wildman–Crippen MR) is 116 cm³/mol. The van der Waals surface area contributed by atoms with Crippen LogP contribution in [-0.2, 0) is 17.6 Å². The molecule has 31 heavy (non-hydrogen) atoms. The molecule has 1 heterocycles. The van der Waals surface area contributed by atoms with Gasteiger partial charge in [-0.15, -0.1) is 0 Å².